The van der Waals surface area contributed by atoms with Gasteiger partial charge in [-0.05, 0) is 31.6 Å². The van der Waals surface area contributed by atoms with Crippen LogP contribution in [0.3, 0.4) is 0 Å². The lowest BCUT2D eigenvalue weighted by molar-refractivity contribution is -0.122. The van der Waals surface area contributed by atoms with E-state index in [4.69, 9.17) is 5.11 Å². The van der Waals surface area contributed by atoms with Gasteiger partial charge in [0.2, 0.25) is 5.91 Å². The van der Waals surface area contributed by atoms with Crippen LogP contribution in [0.25, 0.3) is 0 Å². The predicted molar refractivity (Wildman–Crippen MR) is 72.2 cm³/mol. The van der Waals surface area contributed by atoms with Crippen molar-refractivity contribution >= 4 is 17.7 Å². The van der Waals surface area contributed by atoms with Gasteiger partial charge in [-0.15, -0.1) is 0 Å². The molecule has 4 nitrogen and oxygen atoms in total. The molecule has 1 rings (SSSR count). The first-order valence-electron chi connectivity index (χ1n) is 6.29. The zero-order valence-corrected chi connectivity index (χ0v) is 11.6. The fourth-order valence-electron chi connectivity index (χ4n) is 1.89. The maximum atomic E-state index is 11.7. The summed E-state index contributed by atoms with van der Waals surface area (Å²) in [5.74, 6) is 2.79. The third-order valence-corrected chi connectivity index (χ3v) is 4.34. The van der Waals surface area contributed by atoms with Gasteiger partial charge in [0.1, 0.15) is 0 Å². The molecule has 1 amide bonds. The van der Waals surface area contributed by atoms with Crippen molar-refractivity contribution in [2.24, 2.45) is 5.92 Å². The Kier molecular flexibility index (Phi) is 6.92. The minimum absolute atomic E-state index is 0.0918. The van der Waals surface area contributed by atoms with Gasteiger partial charge in [-0.25, -0.2) is 0 Å². The van der Waals surface area contributed by atoms with Gasteiger partial charge >= 0.3 is 0 Å². The second-order valence-corrected chi connectivity index (χ2v) is 6.00. The number of likely N-dealkylation sites (N-methyl/N-ethyl adjacent to an activating group) is 1. The number of aliphatic hydroxyl groups excluding tert-OH is 1. The average molecular weight is 260 g/mol. The minimum atomic E-state index is 0.0918. The lowest BCUT2D eigenvalue weighted by Gasteiger charge is -2.23. The molecule has 2 N–H and O–H groups in total. The Hall–Kier alpha value is -0.260. The summed E-state index contributed by atoms with van der Waals surface area (Å²) < 4.78 is 0. The van der Waals surface area contributed by atoms with Crippen LogP contribution < -0.4 is 5.32 Å². The predicted octanol–water partition coefficient (Wildman–Crippen LogP) is 0.558. The van der Waals surface area contributed by atoms with E-state index in [1.54, 1.807) is 0 Å². The van der Waals surface area contributed by atoms with Crippen molar-refractivity contribution in [1.29, 1.82) is 0 Å². The van der Waals surface area contributed by atoms with Crippen molar-refractivity contribution in [3.8, 4) is 0 Å². The summed E-state index contributed by atoms with van der Waals surface area (Å²) in [7, 11) is 2.02. The highest BCUT2D eigenvalue weighted by Gasteiger charge is 2.21. The Morgan fingerprint density at radius 2 is 2.41 bits per heavy atom. The molecular weight excluding hydrogens is 236 g/mol. The van der Waals surface area contributed by atoms with Crippen LogP contribution in [0, 0.1) is 5.92 Å². The van der Waals surface area contributed by atoms with E-state index in [2.05, 4.69) is 10.2 Å². The number of carbonyl (C=O) groups excluding carboxylic acids is 1. The van der Waals surface area contributed by atoms with E-state index in [0.717, 1.165) is 12.2 Å². The number of rotatable bonds is 7. The molecule has 0 saturated carbocycles. The fourth-order valence-corrected chi connectivity index (χ4v) is 3.19. The first kappa shape index (κ1) is 14.8. The van der Waals surface area contributed by atoms with E-state index in [9.17, 15) is 4.79 Å². The molecule has 2 unspecified atom stereocenters. The quantitative estimate of drug-likeness (QED) is 0.702. The van der Waals surface area contributed by atoms with E-state index in [-0.39, 0.29) is 12.5 Å². The standard InChI is InChI=1S/C12H24N2O2S/c1-10(3-5-15)7-13-12(16)8-14(2)11-4-6-17-9-11/h10-11,15H,3-9H2,1-2H3,(H,13,16). The van der Waals surface area contributed by atoms with E-state index >= 15 is 0 Å². The number of thioether (sulfide) groups is 1. The Bertz CT molecular complexity index is 233. The monoisotopic (exact) mass is 260 g/mol. The number of hydrogen-bond acceptors (Lipinski definition) is 4. The Morgan fingerprint density at radius 1 is 1.65 bits per heavy atom. The number of carbonyl (C=O) groups is 1. The summed E-state index contributed by atoms with van der Waals surface area (Å²) in [6, 6.07) is 0.556. The first-order chi connectivity index (χ1) is 8.13. The van der Waals surface area contributed by atoms with Crippen LogP contribution in [0.2, 0.25) is 0 Å². The number of nitrogens with zero attached hydrogens (tertiary/aromatic N) is 1. The van der Waals surface area contributed by atoms with Gasteiger partial charge < -0.3 is 10.4 Å². The highest BCUT2D eigenvalue weighted by Crippen LogP contribution is 2.20. The molecule has 0 spiro atoms. The van der Waals surface area contributed by atoms with Gasteiger partial charge in [0.25, 0.3) is 0 Å². The molecule has 0 aromatic rings. The number of nitrogens with one attached hydrogen (secondary N) is 1. The van der Waals surface area contributed by atoms with Crippen molar-refractivity contribution in [2.45, 2.75) is 25.8 Å². The molecule has 1 heterocycles. The smallest absolute Gasteiger partial charge is 0.234 e. The largest absolute Gasteiger partial charge is 0.396 e. The molecule has 0 radical (unpaired) electrons. The third kappa shape index (κ3) is 5.75. The Labute approximate surface area is 108 Å². The van der Waals surface area contributed by atoms with Crippen LogP contribution in [0.15, 0.2) is 0 Å². The maximum absolute atomic E-state index is 11.7. The SMILES string of the molecule is CC(CCO)CNC(=O)CN(C)C1CCSC1. The molecule has 1 aliphatic heterocycles. The molecule has 0 aromatic carbocycles. The van der Waals surface area contributed by atoms with Crippen molar-refractivity contribution in [2.75, 3.05) is 38.2 Å². The lowest BCUT2D eigenvalue weighted by Crippen LogP contribution is -2.41. The summed E-state index contributed by atoms with van der Waals surface area (Å²) in [5.41, 5.74) is 0. The van der Waals surface area contributed by atoms with Crippen LogP contribution in [0.5, 0.6) is 0 Å². The second-order valence-electron chi connectivity index (χ2n) is 4.85. The van der Waals surface area contributed by atoms with Crippen LogP contribution in [0.1, 0.15) is 19.8 Å². The summed E-state index contributed by atoms with van der Waals surface area (Å²) in [4.78, 5) is 13.8. The normalized spacial score (nSPS) is 21.8. The minimum Gasteiger partial charge on any atom is -0.396 e. The molecule has 1 aliphatic rings. The van der Waals surface area contributed by atoms with E-state index in [1.165, 1.54) is 12.2 Å². The number of hydrogen-bond donors (Lipinski definition) is 2. The number of aliphatic hydroxyl groups is 1. The third-order valence-electron chi connectivity index (χ3n) is 3.19. The molecule has 2 atom stereocenters. The van der Waals surface area contributed by atoms with E-state index in [0.29, 0.717) is 25.0 Å². The molecule has 100 valence electrons. The second kappa shape index (κ2) is 7.95. The van der Waals surface area contributed by atoms with Crippen molar-refractivity contribution in [1.82, 2.24) is 10.2 Å². The molecule has 1 saturated heterocycles. The first-order valence-corrected chi connectivity index (χ1v) is 7.44. The van der Waals surface area contributed by atoms with Crippen LogP contribution in [-0.2, 0) is 4.79 Å². The van der Waals surface area contributed by atoms with Crippen molar-refractivity contribution in [3.05, 3.63) is 0 Å². The van der Waals surface area contributed by atoms with Gasteiger partial charge in [-0.2, -0.15) is 11.8 Å². The molecule has 0 aliphatic carbocycles. The Morgan fingerprint density at radius 3 is 3.00 bits per heavy atom. The highest BCUT2D eigenvalue weighted by atomic mass is 32.2. The summed E-state index contributed by atoms with van der Waals surface area (Å²) in [6.45, 7) is 3.37. The average Bonchev–Trinajstić information content (AvgIpc) is 2.80. The number of amides is 1. The fraction of sp³-hybridized carbons (Fsp3) is 0.917. The van der Waals surface area contributed by atoms with Gasteiger partial charge in [-0.3, -0.25) is 9.69 Å². The highest BCUT2D eigenvalue weighted by molar-refractivity contribution is 7.99. The summed E-state index contributed by atoms with van der Waals surface area (Å²) in [5, 5.41) is 11.7. The molecule has 5 heteroatoms. The molecule has 0 aromatic heterocycles. The van der Waals surface area contributed by atoms with Gasteiger partial charge in [-0.1, -0.05) is 6.92 Å². The topological polar surface area (TPSA) is 52.6 Å². The summed E-state index contributed by atoms with van der Waals surface area (Å²) in [6.07, 6.45) is 1.94. The van der Waals surface area contributed by atoms with Crippen molar-refractivity contribution in [3.63, 3.8) is 0 Å². The molecule has 0 bridgehead atoms. The molecular formula is C12H24N2O2S. The van der Waals surface area contributed by atoms with E-state index < -0.39 is 0 Å². The zero-order chi connectivity index (χ0) is 12.7. The lowest BCUT2D eigenvalue weighted by atomic mass is 10.1. The van der Waals surface area contributed by atoms with Crippen LogP contribution >= 0.6 is 11.8 Å². The van der Waals surface area contributed by atoms with Crippen molar-refractivity contribution < 1.29 is 9.90 Å². The maximum Gasteiger partial charge on any atom is 0.234 e. The van der Waals surface area contributed by atoms with Gasteiger partial charge in [0.15, 0.2) is 0 Å². The van der Waals surface area contributed by atoms with Crippen LogP contribution in [-0.4, -0.2) is 60.2 Å². The molecule has 1 fully saturated rings. The van der Waals surface area contributed by atoms with Gasteiger partial charge in [0.05, 0.1) is 6.54 Å². The van der Waals surface area contributed by atoms with Gasteiger partial charge in [0, 0.05) is 24.9 Å². The van der Waals surface area contributed by atoms with Crippen LogP contribution in [0.4, 0.5) is 0 Å². The van der Waals surface area contributed by atoms with E-state index in [1.807, 2.05) is 25.7 Å². The Balaban J connectivity index is 2.15. The molecule has 17 heavy (non-hydrogen) atoms. The zero-order valence-electron chi connectivity index (χ0n) is 10.8. The summed E-state index contributed by atoms with van der Waals surface area (Å²) >= 11 is 1.96.